The third-order valence-corrected chi connectivity index (χ3v) is 2.99. The van der Waals surface area contributed by atoms with Crippen molar-refractivity contribution in [3.8, 4) is 0 Å². The van der Waals surface area contributed by atoms with Crippen LogP contribution >= 0.6 is 0 Å². The van der Waals surface area contributed by atoms with Crippen LogP contribution in [0.3, 0.4) is 0 Å². The van der Waals surface area contributed by atoms with Gasteiger partial charge in [-0.2, -0.15) is 0 Å². The molecule has 0 heterocycles. The molecule has 17 heavy (non-hydrogen) atoms. The molecule has 0 bridgehead atoms. The zero-order chi connectivity index (χ0) is 12.4. The Balaban J connectivity index is 2.43. The first kappa shape index (κ1) is 11.6. The summed E-state index contributed by atoms with van der Waals surface area (Å²) in [7, 11) is 0. The maximum atomic E-state index is 11.6. The van der Waals surface area contributed by atoms with Crippen molar-refractivity contribution >= 4 is 11.9 Å². The maximum absolute atomic E-state index is 11.6. The highest BCUT2D eigenvalue weighted by Gasteiger charge is 2.12. The molecule has 1 aliphatic carbocycles. The first-order valence-corrected chi connectivity index (χ1v) is 5.76. The number of aryl methyl sites for hydroxylation is 1. The summed E-state index contributed by atoms with van der Waals surface area (Å²) in [6, 6.07) is 8.24. The van der Waals surface area contributed by atoms with Crippen molar-refractivity contribution in [2.75, 3.05) is 0 Å². The highest BCUT2D eigenvalue weighted by atomic mass is 16.1. The molecule has 0 saturated carbocycles. The summed E-state index contributed by atoms with van der Waals surface area (Å²) in [5.41, 5.74) is 5.16. The molecule has 1 aromatic carbocycles. The fraction of sp³-hybridized carbons (Fsp3) is 0.188. The monoisotopic (exact) mass is 224 g/mol. The lowest BCUT2D eigenvalue weighted by Gasteiger charge is -2.10. The van der Waals surface area contributed by atoms with E-state index in [2.05, 4.69) is 25.1 Å². The Morgan fingerprint density at radius 3 is 2.12 bits per heavy atom. The number of hydrogen-bond acceptors (Lipinski definition) is 1. The molecule has 1 heteroatoms. The van der Waals surface area contributed by atoms with E-state index in [0.717, 1.165) is 16.7 Å². The van der Waals surface area contributed by atoms with E-state index in [1.807, 2.05) is 38.1 Å². The third kappa shape index (κ3) is 2.44. The lowest BCUT2D eigenvalue weighted by atomic mass is 9.94. The van der Waals surface area contributed by atoms with Gasteiger partial charge in [-0.05, 0) is 66.8 Å². The number of allylic oxidation sites excluding steroid dienone is 5. The molecule has 0 saturated heterocycles. The molecule has 1 aromatic rings. The summed E-state index contributed by atoms with van der Waals surface area (Å²) >= 11 is 0. The van der Waals surface area contributed by atoms with Crippen molar-refractivity contribution in [2.24, 2.45) is 0 Å². The Bertz CT molecular complexity index is 533. The summed E-state index contributed by atoms with van der Waals surface area (Å²) in [4.78, 5) is 11.6. The quantitative estimate of drug-likeness (QED) is 0.708. The van der Waals surface area contributed by atoms with E-state index in [9.17, 15) is 4.79 Å². The summed E-state index contributed by atoms with van der Waals surface area (Å²) < 4.78 is 0. The minimum absolute atomic E-state index is 0.145. The van der Waals surface area contributed by atoms with Crippen molar-refractivity contribution < 1.29 is 4.79 Å². The van der Waals surface area contributed by atoms with E-state index in [-0.39, 0.29) is 5.78 Å². The van der Waals surface area contributed by atoms with E-state index >= 15 is 0 Å². The molecule has 0 radical (unpaired) electrons. The number of Topliss-reactive ketones (excluding diaryl/α,β-unsaturated/α-hetero) is 1. The molecule has 2 rings (SSSR count). The predicted molar refractivity (Wildman–Crippen MR) is 71.7 cm³/mol. The Kier molecular flexibility index (Phi) is 3.10. The van der Waals surface area contributed by atoms with E-state index in [1.165, 1.54) is 11.1 Å². The second-order valence-electron chi connectivity index (χ2n) is 4.48. The van der Waals surface area contributed by atoms with Gasteiger partial charge in [-0.25, -0.2) is 0 Å². The van der Waals surface area contributed by atoms with E-state index in [4.69, 9.17) is 0 Å². The number of carbonyl (C=O) groups excluding carboxylic acids is 1. The Morgan fingerprint density at radius 2 is 1.53 bits per heavy atom. The van der Waals surface area contributed by atoms with Gasteiger partial charge in [0.2, 0.25) is 0 Å². The van der Waals surface area contributed by atoms with Crippen LogP contribution in [-0.2, 0) is 4.79 Å². The summed E-state index contributed by atoms with van der Waals surface area (Å²) in [5.74, 6) is 0.145. The van der Waals surface area contributed by atoms with Gasteiger partial charge in [0.25, 0.3) is 0 Å². The van der Waals surface area contributed by atoms with Crippen LogP contribution in [0, 0.1) is 6.92 Å². The molecule has 0 unspecified atom stereocenters. The zero-order valence-electron chi connectivity index (χ0n) is 10.4. The van der Waals surface area contributed by atoms with Crippen LogP contribution in [0.5, 0.6) is 0 Å². The SMILES string of the molecule is CC1=CC(=Cc2ccccc2C)C=C(C)C1=O. The molecular formula is C16H16O. The van der Waals surface area contributed by atoms with Crippen LogP contribution in [0.1, 0.15) is 25.0 Å². The minimum atomic E-state index is 0.145. The van der Waals surface area contributed by atoms with Crippen LogP contribution in [-0.4, -0.2) is 5.78 Å². The summed E-state index contributed by atoms with van der Waals surface area (Å²) in [5, 5.41) is 0. The molecule has 0 fully saturated rings. The van der Waals surface area contributed by atoms with E-state index in [0.29, 0.717) is 0 Å². The average molecular weight is 224 g/mol. The van der Waals surface area contributed by atoms with Crippen molar-refractivity contribution in [3.63, 3.8) is 0 Å². The Labute approximate surface area is 102 Å². The van der Waals surface area contributed by atoms with Crippen molar-refractivity contribution in [1.29, 1.82) is 0 Å². The molecule has 0 aromatic heterocycles. The van der Waals surface area contributed by atoms with E-state index in [1.54, 1.807) is 0 Å². The van der Waals surface area contributed by atoms with Crippen LogP contribution in [0.25, 0.3) is 6.08 Å². The highest BCUT2D eigenvalue weighted by molar-refractivity contribution is 6.09. The molecule has 0 spiro atoms. The van der Waals surface area contributed by atoms with Crippen LogP contribution in [0.2, 0.25) is 0 Å². The van der Waals surface area contributed by atoms with Gasteiger partial charge < -0.3 is 0 Å². The van der Waals surface area contributed by atoms with Gasteiger partial charge in [0.1, 0.15) is 0 Å². The number of rotatable bonds is 1. The molecule has 0 N–H and O–H groups in total. The van der Waals surface area contributed by atoms with Crippen molar-refractivity contribution in [1.82, 2.24) is 0 Å². The van der Waals surface area contributed by atoms with Crippen LogP contribution in [0.4, 0.5) is 0 Å². The lowest BCUT2D eigenvalue weighted by molar-refractivity contribution is -0.112. The normalized spacial score (nSPS) is 15.5. The molecule has 1 aliphatic rings. The molecule has 1 nitrogen and oxygen atoms in total. The number of ketones is 1. The van der Waals surface area contributed by atoms with Crippen LogP contribution in [0.15, 0.2) is 53.1 Å². The van der Waals surface area contributed by atoms with Gasteiger partial charge >= 0.3 is 0 Å². The van der Waals surface area contributed by atoms with Crippen LogP contribution < -0.4 is 0 Å². The number of benzene rings is 1. The minimum Gasteiger partial charge on any atom is -0.289 e. The summed E-state index contributed by atoms with van der Waals surface area (Å²) in [6.07, 6.45) is 6.01. The second-order valence-corrected chi connectivity index (χ2v) is 4.48. The Morgan fingerprint density at radius 1 is 0.941 bits per heavy atom. The summed E-state index contributed by atoms with van der Waals surface area (Å²) in [6.45, 7) is 5.82. The topological polar surface area (TPSA) is 17.1 Å². The molecular weight excluding hydrogens is 208 g/mol. The third-order valence-electron chi connectivity index (χ3n) is 2.99. The maximum Gasteiger partial charge on any atom is 0.184 e. The van der Waals surface area contributed by atoms with Crippen molar-refractivity contribution in [3.05, 3.63) is 64.3 Å². The van der Waals surface area contributed by atoms with Gasteiger partial charge in [0.15, 0.2) is 5.78 Å². The van der Waals surface area contributed by atoms with Crippen molar-refractivity contribution in [2.45, 2.75) is 20.8 Å². The standard InChI is InChI=1S/C16H16O/c1-11-6-4-5-7-15(11)10-14-8-12(2)16(17)13(3)9-14/h4-10H,1-3H3. The first-order chi connectivity index (χ1) is 8.08. The molecule has 86 valence electrons. The number of hydrogen-bond donors (Lipinski definition) is 0. The Hall–Kier alpha value is -1.89. The van der Waals surface area contributed by atoms with Gasteiger partial charge in [0, 0.05) is 0 Å². The average Bonchev–Trinajstić information content (AvgIpc) is 2.29. The fourth-order valence-corrected chi connectivity index (χ4v) is 2.00. The predicted octanol–water partition coefficient (Wildman–Crippen LogP) is 3.85. The van der Waals surface area contributed by atoms with Gasteiger partial charge in [-0.1, -0.05) is 24.3 Å². The largest absolute Gasteiger partial charge is 0.289 e. The smallest absolute Gasteiger partial charge is 0.184 e. The first-order valence-electron chi connectivity index (χ1n) is 5.76. The number of carbonyl (C=O) groups is 1. The molecule has 0 aliphatic heterocycles. The second kappa shape index (κ2) is 4.54. The lowest BCUT2D eigenvalue weighted by Crippen LogP contribution is -2.05. The molecule has 0 atom stereocenters. The van der Waals surface area contributed by atoms with Gasteiger partial charge in [0.05, 0.1) is 0 Å². The zero-order valence-corrected chi connectivity index (χ0v) is 10.4. The fourth-order valence-electron chi connectivity index (χ4n) is 2.00. The highest BCUT2D eigenvalue weighted by Crippen LogP contribution is 2.21. The molecule has 0 amide bonds. The van der Waals surface area contributed by atoms with Gasteiger partial charge in [-0.15, -0.1) is 0 Å². The van der Waals surface area contributed by atoms with Gasteiger partial charge in [-0.3, -0.25) is 4.79 Å². The van der Waals surface area contributed by atoms with E-state index < -0.39 is 0 Å².